The predicted octanol–water partition coefficient (Wildman–Crippen LogP) is 4.60. The van der Waals surface area contributed by atoms with Crippen molar-refractivity contribution in [3.8, 4) is 0 Å². The zero-order valence-electron chi connectivity index (χ0n) is 11.0. The summed E-state index contributed by atoms with van der Waals surface area (Å²) in [5.74, 6) is 0.545. The van der Waals surface area contributed by atoms with E-state index in [2.05, 4.69) is 22.6 Å². The molecule has 0 spiro atoms. The number of benzene rings is 1. The van der Waals surface area contributed by atoms with Crippen LogP contribution in [0.15, 0.2) is 45.7 Å². The topological polar surface area (TPSA) is 33.5 Å². The molecule has 1 fully saturated rings. The van der Waals surface area contributed by atoms with E-state index in [0.717, 1.165) is 15.0 Å². The number of thiocarbonyl (C=S) groups is 1. The van der Waals surface area contributed by atoms with Crippen LogP contribution in [0.2, 0.25) is 0 Å². The molecule has 1 aliphatic heterocycles. The van der Waals surface area contributed by atoms with E-state index in [1.54, 1.807) is 11.0 Å². The Morgan fingerprint density at radius 3 is 2.57 bits per heavy atom. The summed E-state index contributed by atoms with van der Waals surface area (Å²) in [5, 5.41) is 0. The minimum Gasteiger partial charge on any atom is -0.451 e. The molecule has 1 amide bonds. The van der Waals surface area contributed by atoms with E-state index in [1.807, 2.05) is 43.3 Å². The molecule has 0 atom stereocenters. The number of thioether (sulfide) groups is 1. The molecule has 1 saturated heterocycles. The number of furan rings is 1. The van der Waals surface area contributed by atoms with Crippen LogP contribution in [0.4, 0.5) is 5.69 Å². The number of amides is 1. The van der Waals surface area contributed by atoms with Gasteiger partial charge in [0.25, 0.3) is 5.91 Å². The van der Waals surface area contributed by atoms with E-state index < -0.39 is 0 Å². The average molecular weight is 427 g/mol. The van der Waals surface area contributed by atoms with Crippen LogP contribution in [0.1, 0.15) is 11.3 Å². The van der Waals surface area contributed by atoms with Crippen molar-refractivity contribution in [1.29, 1.82) is 0 Å². The number of nitrogens with zero attached hydrogens (tertiary/aromatic N) is 1. The van der Waals surface area contributed by atoms with E-state index in [4.69, 9.17) is 16.6 Å². The van der Waals surface area contributed by atoms with Crippen LogP contribution in [0.5, 0.6) is 0 Å². The van der Waals surface area contributed by atoms with E-state index in [9.17, 15) is 4.79 Å². The molecule has 106 valence electrons. The first-order chi connectivity index (χ1) is 10.0. The lowest BCUT2D eigenvalue weighted by atomic mass is 10.2. The van der Waals surface area contributed by atoms with Gasteiger partial charge >= 0.3 is 0 Å². The van der Waals surface area contributed by atoms with Gasteiger partial charge in [0.2, 0.25) is 0 Å². The summed E-state index contributed by atoms with van der Waals surface area (Å²) in [5.41, 5.74) is 1.94. The minimum absolute atomic E-state index is 0.111. The van der Waals surface area contributed by atoms with Crippen LogP contribution in [0.25, 0.3) is 6.08 Å². The number of hydrogen-bond donors (Lipinski definition) is 0. The second kappa shape index (κ2) is 5.94. The maximum atomic E-state index is 12.5. The number of hydrogen-bond acceptors (Lipinski definition) is 4. The monoisotopic (exact) mass is 427 g/mol. The summed E-state index contributed by atoms with van der Waals surface area (Å²) in [7, 11) is 0. The fourth-order valence-electron chi connectivity index (χ4n) is 1.92. The molecule has 0 saturated carbocycles. The Hall–Kier alpha value is -1.12. The molecule has 6 heteroatoms. The van der Waals surface area contributed by atoms with Gasteiger partial charge in [0.15, 0.2) is 8.09 Å². The Bertz CT molecular complexity index is 749. The molecule has 0 N–H and O–H groups in total. The highest BCUT2D eigenvalue weighted by molar-refractivity contribution is 14.1. The van der Waals surface area contributed by atoms with Crippen molar-refractivity contribution in [2.75, 3.05) is 4.90 Å². The van der Waals surface area contributed by atoms with Crippen LogP contribution in [0.3, 0.4) is 0 Å². The lowest BCUT2D eigenvalue weighted by molar-refractivity contribution is -0.113. The van der Waals surface area contributed by atoms with Crippen LogP contribution >= 0.6 is 46.6 Å². The summed E-state index contributed by atoms with van der Waals surface area (Å²) in [4.78, 5) is 14.6. The van der Waals surface area contributed by atoms with Crippen molar-refractivity contribution in [3.63, 3.8) is 0 Å². The van der Waals surface area contributed by atoms with E-state index in [0.29, 0.717) is 15.0 Å². The quantitative estimate of drug-likeness (QED) is 0.399. The highest BCUT2D eigenvalue weighted by Crippen LogP contribution is 2.36. The molecule has 0 unspecified atom stereocenters. The smallest absolute Gasteiger partial charge is 0.270 e. The number of halogens is 1. The number of anilines is 1. The lowest BCUT2D eigenvalue weighted by Crippen LogP contribution is -2.27. The Morgan fingerprint density at radius 2 is 1.95 bits per heavy atom. The number of carbonyl (C=O) groups excluding carboxylic acids is 1. The van der Waals surface area contributed by atoms with Gasteiger partial charge in [-0.2, -0.15) is 0 Å². The van der Waals surface area contributed by atoms with Crippen LogP contribution in [0, 0.1) is 10.7 Å². The Labute approximate surface area is 145 Å². The molecule has 21 heavy (non-hydrogen) atoms. The van der Waals surface area contributed by atoms with Crippen molar-refractivity contribution in [2.24, 2.45) is 0 Å². The third-order valence-electron chi connectivity index (χ3n) is 2.95. The zero-order valence-corrected chi connectivity index (χ0v) is 14.8. The highest BCUT2D eigenvalue weighted by Gasteiger charge is 2.33. The van der Waals surface area contributed by atoms with Crippen LogP contribution < -0.4 is 4.90 Å². The Balaban J connectivity index is 1.92. The van der Waals surface area contributed by atoms with Gasteiger partial charge in [0.05, 0.1) is 10.6 Å². The van der Waals surface area contributed by atoms with Crippen LogP contribution in [-0.4, -0.2) is 10.2 Å². The first kappa shape index (κ1) is 14.8. The molecule has 1 aliphatic rings. The predicted molar refractivity (Wildman–Crippen MR) is 98.3 cm³/mol. The molecule has 2 aromatic rings. The molecule has 0 aliphatic carbocycles. The van der Waals surface area contributed by atoms with Crippen molar-refractivity contribution < 1.29 is 9.21 Å². The normalized spacial score (nSPS) is 17.0. The molecular formula is C15H10INO2S2. The third kappa shape index (κ3) is 3.07. The van der Waals surface area contributed by atoms with Crippen molar-refractivity contribution in [3.05, 3.63) is 56.4 Å². The molecule has 0 bridgehead atoms. The van der Waals surface area contributed by atoms with Gasteiger partial charge in [0.1, 0.15) is 5.76 Å². The fraction of sp³-hybridized carbons (Fsp3) is 0.0667. The maximum Gasteiger partial charge on any atom is 0.270 e. The van der Waals surface area contributed by atoms with E-state index >= 15 is 0 Å². The molecular weight excluding hydrogens is 417 g/mol. The maximum absolute atomic E-state index is 12.5. The minimum atomic E-state index is -0.111. The first-order valence-electron chi connectivity index (χ1n) is 6.14. The summed E-state index contributed by atoms with van der Waals surface area (Å²) in [6, 6.07) is 11.4. The molecule has 3 rings (SSSR count). The second-order valence-corrected chi connectivity index (χ2v) is 7.23. The Morgan fingerprint density at radius 1 is 1.24 bits per heavy atom. The van der Waals surface area contributed by atoms with Gasteiger partial charge in [0, 0.05) is 6.08 Å². The van der Waals surface area contributed by atoms with Gasteiger partial charge in [-0.15, -0.1) is 0 Å². The van der Waals surface area contributed by atoms with Crippen molar-refractivity contribution >= 4 is 68.6 Å². The first-order valence-corrected chi connectivity index (χ1v) is 8.45. The molecule has 0 radical (unpaired) electrons. The van der Waals surface area contributed by atoms with Gasteiger partial charge < -0.3 is 4.42 Å². The molecule has 2 heterocycles. The fourth-order valence-corrected chi connectivity index (χ4v) is 3.63. The largest absolute Gasteiger partial charge is 0.451 e. The average Bonchev–Trinajstić information content (AvgIpc) is 2.96. The number of aryl methyl sites for hydroxylation is 1. The SMILES string of the molecule is Cc1ccc(N2C(=O)/C(=C\c3ccc(I)o3)SC2=S)cc1. The number of rotatable bonds is 2. The standard InChI is InChI=1S/C15H10INO2S2/c1-9-2-4-10(5-3-9)17-14(18)12(21-15(17)20)8-11-6-7-13(16)19-11/h2-8H,1H3/b12-8+. The van der Waals surface area contributed by atoms with Gasteiger partial charge in [-0.3, -0.25) is 9.69 Å². The molecule has 1 aromatic carbocycles. The third-order valence-corrected chi connectivity index (χ3v) is 4.84. The van der Waals surface area contributed by atoms with E-state index in [1.165, 1.54) is 11.8 Å². The van der Waals surface area contributed by atoms with Gasteiger partial charge in [-0.25, -0.2) is 0 Å². The van der Waals surface area contributed by atoms with Crippen molar-refractivity contribution in [2.45, 2.75) is 6.92 Å². The Kier molecular flexibility index (Phi) is 4.19. The van der Waals surface area contributed by atoms with Crippen LogP contribution in [-0.2, 0) is 4.79 Å². The highest BCUT2D eigenvalue weighted by atomic mass is 127. The van der Waals surface area contributed by atoms with Gasteiger partial charge in [-0.05, 0) is 53.8 Å². The molecule has 1 aromatic heterocycles. The summed E-state index contributed by atoms with van der Waals surface area (Å²) < 4.78 is 6.79. The van der Waals surface area contributed by atoms with E-state index in [-0.39, 0.29) is 5.91 Å². The second-order valence-electron chi connectivity index (χ2n) is 4.49. The number of carbonyl (C=O) groups is 1. The molecule has 3 nitrogen and oxygen atoms in total. The lowest BCUT2D eigenvalue weighted by Gasteiger charge is -2.14. The zero-order chi connectivity index (χ0) is 15.0. The van der Waals surface area contributed by atoms with Crippen molar-refractivity contribution in [1.82, 2.24) is 0 Å². The van der Waals surface area contributed by atoms with Gasteiger partial charge in [-0.1, -0.05) is 41.7 Å². The summed E-state index contributed by atoms with van der Waals surface area (Å²) >= 11 is 8.71. The summed E-state index contributed by atoms with van der Waals surface area (Å²) in [6.45, 7) is 2.01. The summed E-state index contributed by atoms with van der Waals surface area (Å²) in [6.07, 6.45) is 1.73.